The van der Waals surface area contributed by atoms with Crippen LogP contribution in [0.25, 0.3) is 0 Å². The van der Waals surface area contributed by atoms with Crippen LogP contribution in [0.5, 0.6) is 17.2 Å². The molecule has 3 aliphatic rings. The van der Waals surface area contributed by atoms with Gasteiger partial charge in [-0.05, 0) is 5.56 Å². The van der Waals surface area contributed by atoms with Gasteiger partial charge < -0.3 is 24.4 Å². The normalized spacial score (nSPS) is 22.1. The Morgan fingerprint density at radius 3 is 2.00 bits per heavy atom. The molecule has 0 radical (unpaired) electrons. The molecule has 2 fully saturated rings. The Morgan fingerprint density at radius 1 is 0.818 bits per heavy atom. The summed E-state index contributed by atoms with van der Waals surface area (Å²) in [7, 11) is 0. The lowest BCUT2D eigenvalue weighted by atomic mass is 9.90. The fourth-order valence-corrected chi connectivity index (χ4v) is 4.77. The highest BCUT2D eigenvalue weighted by Gasteiger charge is 2.36. The maximum atomic E-state index is 13.3. The summed E-state index contributed by atoms with van der Waals surface area (Å²) in [6.07, 6.45) is -0.317. The van der Waals surface area contributed by atoms with E-state index < -0.39 is 6.10 Å². The lowest BCUT2D eigenvalue weighted by Gasteiger charge is -2.33. The predicted octanol–water partition coefficient (Wildman–Crippen LogP) is 2.47. The van der Waals surface area contributed by atoms with Crippen molar-refractivity contribution in [2.45, 2.75) is 25.6 Å². The number of carbonyl (C=O) groups excluding carboxylic acids is 1. The average molecular weight is 455 g/mol. The second-order valence-corrected chi connectivity index (χ2v) is 8.78. The van der Waals surface area contributed by atoms with Crippen LogP contribution in [0.2, 0.25) is 0 Å². The van der Waals surface area contributed by atoms with Crippen LogP contribution < -0.4 is 4.74 Å². The van der Waals surface area contributed by atoms with Crippen molar-refractivity contribution in [3.8, 4) is 17.2 Å². The number of Topliss-reactive ketones (excluding diaryl/α,β-unsaturated/α-hetero) is 1. The number of aromatic hydroxyl groups is 2. The van der Waals surface area contributed by atoms with E-state index in [1.807, 2.05) is 30.3 Å². The second-order valence-electron chi connectivity index (χ2n) is 8.78. The Labute approximate surface area is 193 Å². The fraction of sp³-hybridized carbons (Fsp3) is 0.480. The summed E-state index contributed by atoms with van der Waals surface area (Å²) in [6.45, 7) is 6.07. The highest BCUT2D eigenvalue weighted by Crippen LogP contribution is 2.48. The third-order valence-electron chi connectivity index (χ3n) is 6.65. The highest BCUT2D eigenvalue weighted by molar-refractivity contribution is 6.04. The molecule has 8 nitrogen and oxygen atoms in total. The summed E-state index contributed by atoms with van der Waals surface area (Å²) in [5.41, 5.74) is 2.02. The summed E-state index contributed by atoms with van der Waals surface area (Å²) in [6, 6.07) is 9.59. The van der Waals surface area contributed by atoms with Crippen molar-refractivity contribution in [3.05, 3.63) is 52.6 Å². The maximum Gasteiger partial charge on any atom is 0.174 e. The number of carbonyl (C=O) groups is 1. The number of nitrogens with zero attached hydrogens (tertiary/aromatic N) is 2. The first-order valence-corrected chi connectivity index (χ1v) is 11.6. The van der Waals surface area contributed by atoms with Gasteiger partial charge >= 0.3 is 0 Å². The topological polar surface area (TPSA) is 91.7 Å². The van der Waals surface area contributed by atoms with Crippen molar-refractivity contribution in [2.24, 2.45) is 0 Å². The number of hydrogen-bond acceptors (Lipinski definition) is 8. The van der Waals surface area contributed by atoms with Crippen molar-refractivity contribution < 1.29 is 29.2 Å². The molecule has 2 saturated heterocycles. The Hall–Kier alpha value is -2.65. The van der Waals surface area contributed by atoms with E-state index in [0.29, 0.717) is 69.5 Å². The number of phenols is 2. The number of rotatable bonds is 5. The minimum absolute atomic E-state index is 0.00532. The summed E-state index contributed by atoms with van der Waals surface area (Å²) >= 11 is 0. The Balaban J connectivity index is 1.56. The molecule has 2 N–H and O–H groups in total. The van der Waals surface area contributed by atoms with Gasteiger partial charge in [-0.1, -0.05) is 30.3 Å². The van der Waals surface area contributed by atoms with Crippen LogP contribution in [-0.4, -0.2) is 78.4 Å². The van der Waals surface area contributed by atoms with Crippen LogP contribution in [0, 0.1) is 0 Å². The summed E-state index contributed by atoms with van der Waals surface area (Å²) < 4.78 is 17.2. The predicted molar refractivity (Wildman–Crippen MR) is 121 cm³/mol. The zero-order valence-corrected chi connectivity index (χ0v) is 18.7. The third kappa shape index (κ3) is 4.56. The van der Waals surface area contributed by atoms with Crippen LogP contribution in [0.15, 0.2) is 30.3 Å². The van der Waals surface area contributed by atoms with Crippen molar-refractivity contribution >= 4 is 5.78 Å². The highest BCUT2D eigenvalue weighted by atomic mass is 16.5. The van der Waals surface area contributed by atoms with Gasteiger partial charge in [0.2, 0.25) is 0 Å². The van der Waals surface area contributed by atoms with Gasteiger partial charge in [0.05, 0.1) is 44.0 Å². The number of benzene rings is 2. The fourth-order valence-electron chi connectivity index (χ4n) is 4.77. The molecule has 0 spiro atoms. The quantitative estimate of drug-likeness (QED) is 0.712. The molecule has 33 heavy (non-hydrogen) atoms. The number of phenolic OH excluding ortho intramolecular Hbond substituents is 2. The van der Waals surface area contributed by atoms with Crippen molar-refractivity contribution in [1.82, 2.24) is 9.80 Å². The zero-order valence-electron chi connectivity index (χ0n) is 18.7. The van der Waals surface area contributed by atoms with Crippen molar-refractivity contribution in [1.29, 1.82) is 0 Å². The van der Waals surface area contributed by atoms with Crippen LogP contribution in [0.3, 0.4) is 0 Å². The molecule has 8 heteroatoms. The van der Waals surface area contributed by atoms with Crippen LogP contribution in [0.4, 0.5) is 0 Å². The maximum absolute atomic E-state index is 13.3. The van der Waals surface area contributed by atoms with Gasteiger partial charge in [0.15, 0.2) is 5.78 Å². The average Bonchev–Trinajstić information content (AvgIpc) is 2.86. The Kier molecular flexibility index (Phi) is 6.50. The number of hydrogen-bond donors (Lipinski definition) is 2. The SMILES string of the molecule is O=C1C[C@@H](c2ccccc2)Oc2c(CN3CCOCC3)c(O)c(CN3CCOCC3)c(O)c21. The smallest absolute Gasteiger partial charge is 0.174 e. The van der Waals surface area contributed by atoms with Crippen molar-refractivity contribution in [3.63, 3.8) is 0 Å². The number of ether oxygens (including phenoxy) is 3. The van der Waals surface area contributed by atoms with E-state index in [-0.39, 0.29) is 29.3 Å². The van der Waals surface area contributed by atoms with Crippen LogP contribution >= 0.6 is 0 Å². The molecule has 5 rings (SSSR count). The van der Waals surface area contributed by atoms with Gasteiger partial charge in [0, 0.05) is 39.3 Å². The molecule has 0 amide bonds. The molecule has 176 valence electrons. The first-order chi connectivity index (χ1) is 16.1. The first-order valence-electron chi connectivity index (χ1n) is 11.6. The van der Waals surface area contributed by atoms with E-state index in [9.17, 15) is 15.0 Å². The number of morpholine rings is 2. The molecule has 1 atom stereocenters. The van der Waals surface area contributed by atoms with E-state index in [1.165, 1.54) is 0 Å². The van der Waals surface area contributed by atoms with Crippen LogP contribution in [0.1, 0.15) is 39.6 Å². The zero-order chi connectivity index (χ0) is 22.8. The standard InChI is InChI=1S/C25H30N2O6/c28-20-14-21(17-4-2-1-3-5-17)33-25-19(16-27-8-12-32-13-9-27)23(29)18(24(30)22(20)25)15-26-6-10-31-11-7-26/h1-5,21,29-30H,6-16H2/t21-/m0/s1. The van der Waals surface area contributed by atoms with Gasteiger partial charge in [-0.2, -0.15) is 0 Å². The molecule has 0 bridgehead atoms. The third-order valence-corrected chi connectivity index (χ3v) is 6.65. The monoisotopic (exact) mass is 454 g/mol. The second kappa shape index (κ2) is 9.69. The lowest BCUT2D eigenvalue weighted by molar-refractivity contribution is 0.0317. The molecule has 0 unspecified atom stereocenters. The Morgan fingerprint density at radius 2 is 1.39 bits per heavy atom. The molecule has 0 saturated carbocycles. The first kappa shape index (κ1) is 22.2. The largest absolute Gasteiger partial charge is 0.507 e. The Bertz CT molecular complexity index is 1000. The van der Waals surface area contributed by atoms with Gasteiger partial charge in [0.25, 0.3) is 0 Å². The minimum Gasteiger partial charge on any atom is -0.507 e. The van der Waals surface area contributed by atoms with E-state index in [4.69, 9.17) is 14.2 Å². The van der Waals surface area contributed by atoms with Gasteiger partial charge in [0.1, 0.15) is 28.9 Å². The molecule has 3 heterocycles. The number of fused-ring (bicyclic) bond motifs is 1. The van der Waals surface area contributed by atoms with Gasteiger partial charge in [-0.25, -0.2) is 0 Å². The van der Waals surface area contributed by atoms with Gasteiger partial charge in [-0.15, -0.1) is 0 Å². The number of ketones is 1. The summed E-state index contributed by atoms with van der Waals surface area (Å²) in [5, 5.41) is 22.5. The van der Waals surface area contributed by atoms with Crippen molar-refractivity contribution in [2.75, 3.05) is 52.6 Å². The van der Waals surface area contributed by atoms with E-state index >= 15 is 0 Å². The lowest BCUT2D eigenvalue weighted by Crippen LogP contribution is -2.37. The molecular formula is C25H30N2O6. The summed E-state index contributed by atoms with van der Waals surface area (Å²) in [4.78, 5) is 17.6. The molecule has 2 aromatic rings. The van der Waals surface area contributed by atoms with E-state index in [0.717, 1.165) is 18.7 Å². The molecule has 0 aliphatic carbocycles. The van der Waals surface area contributed by atoms with E-state index in [1.54, 1.807) is 0 Å². The van der Waals surface area contributed by atoms with Crippen LogP contribution in [-0.2, 0) is 22.6 Å². The summed E-state index contributed by atoms with van der Waals surface area (Å²) in [5.74, 6) is -0.0386. The molecule has 0 aromatic heterocycles. The van der Waals surface area contributed by atoms with Gasteiger partial charge in [-0.3, -0.25) is 14.6 Å². The molecular weight excluding hydrogens is 424 g/mol. The minimum atomic E-state index is -0.460. The van der Waals surface area contributed by atoms with E-state index in [2.05, 4.69) is 9.80 Å². The molecule has 3 aliphatic heterocycles. The molecule has 2 aromatic carbocycles.